The summed E-state index contributed by atoms with van der Waals surface area (Å²) in [6.45, 7) is 0.938. The molecule has 1 aliphatic rings. The number of hydrogen-bond donors (Lipinski definition) is 1. The minimum atomic E-state index is -3.92. The van der Waals surface area contributed by atoms with Crippen molar-refractivity contribution in [3.63, 3.8) is 0 Å². The molecular formula is C20H24N2O5S2. The van der Waals surface area contributed by atoms with Crippen molar-refractivity contribution in [2.24, 2.45) is 5.92 Å². The number of nitrogens with one attached hydrogen (secondary N) is 1. The zero-order chi connectivity index (χ0) is 20.9. The highest BCUT2D eigenvalue weighted by Gasteiger charge is 2.35. The number of thiophene rings is 1. The van der Waals surface area contributed by atoms with Gasteiger partial charge in [-0.3, -0.25) is 4.79 Å². The van der Waals surface area contributed by atoms with Crippen molar-refractivity contribution < 1.29 is 22.7 Å². The minimum Gasteiger partial charge on any atom is -0.465 e. The lowest BCUT2D eigenvalue weighted by molar-refractivity contribution is -0.126. The van der Waals surface area contributed by atoms with Crippen molar-refractivity contribution in [1.29, 1.82) is 0 Å². The van der Waals surface area contributed by atoms with Gasteiger partial charge in [-0.1, -0.05) is 18.2 Å². The Labute approximate surface area is 174 Å². The van der Waals surface area contributed by atoms with E-state index in [9.17, 15) is 18.0 Å². The van der Waals surface area contributed by atoms with Gasteiger partial charge in [0.2, 0.25) is 15.9 Å². The van der Waals surface area contributed by atoms with Gasteiger partial charge in [0.05, 0.1) is 23.5 Å². The van der Waals surface area contributed by atoms with Crippen molar-refractivity contribution >= 4 is 33.2 Å². The van der Waals surface area contributed by atoms with Crippen LogP contribution in [-0.2, 0) is 26.0 Å². The minimum absolute atomic E-state index is 0.00229. The van der Waals surface area contributed by atoms with Crippen LogP contribution in [-0.4, -0.2) is 51.3 Å². The van der Waals surface area contributed by atoms with E-state index >= 15 is 0 Å². The predicted octanol–water partition coefficient (Wildman–Crippen LogP) is 2.29. The molecular weight excluding hydrogens is 412 g/mol. The molecule has 3 rings (SSSR count). The average Bonchev–Trinajstić information content (AvgIpc) is 3.26. The summed E-state index contributed by atoms with van der Waals surface area (Å²) >= 11 is 1.64. The van der Waals surface area contributed by atoms with Crippen LogP contribution in [0.15, 0.2) is 46.7 Å². The van der Waals surface area contributed by atoms with E-state index in [1.54, 1.807) is 23.5 Å². The van der Waals surface area contributed by atoms with E-state index in [1.165, 1.54) is 28.4 Å². The molecule has 2 aromatic rings. The number of benzene rings is 1. The van der Waals surface area contributed by atoms with Crippen molar-refractivity contribution in [2.75, 3.05) is 26.7 Å². The van der Waals surface area contributed by atoms with Crippen LogP contribution in [0.4, 0.5) is 0 Å². The second-order valence-electron chi connectivity index (χ2n) is 6.81. The molecule has 156 valence electrons. The monoisotopic (exact) mass is 436 g/mol. The van der Waals surface area contributed by atoms with E-state index in [1.807, 2.05) is 17.5 Å². The summed E-state index contributed by atoms with van der Waals surface area (Å²) in [5.41, 5.74) is -0.00229. The second kappa shape index (κ2) is 9.51. The van der Waals surface area contributed by atoms with Crippen LogP contribution in [0.1, 0.15) is 28.1 Å². The topological polar surface area (TPSA) is 92.8 Å². The lowest BCUT2D eigenvalue weighted by atomic mass is 9.99. The number of hydrogen-bond acceptors (Lipinski definition) is 6. The molecule has 1 atom stereocenters. The van der Waals surface area contributed by atoms with E-state index in [4.69, 9.17) is 4.74 Å². The largest absolute Gasteiger partial charge is 0.465 e. The van der Waals surface area contributed by atoms with Crippen LogP contribution in [0.5, 0.6) is 0 Å². The van der Waals surface area contributed by atoms with Crippen LogP contribution >= 0.6 is 11.3 Å². The zero-order valence-corrected chi connectivity index (χ0v) is 17.8. The molecule has 0 bridgehead atoms. The number of rotatable bonds is 7. The molecule has 1 N–H and O–H groups in total. The highest BCUT2D eigenvalue weighted by atomic mass is 32.2. The molecule has 1 aromatic heterocycles. The van der Waals surface area contributed by atoms with Crippen LogP contribution in [0.2, 0.25) is 0 Å². The fraction of sp³-hybridized carbons (Fsp3) is 0.400. The highest BCUT2D eigenvalue weighted by molar-refractivity contribution is 7.89. The number of amides is 1. The molecule has 7 nitrogen and oxygen atoms in total. The van der Waals surface area contributed by atoms with Crippen molar-refractivity contribution in [3.8, 4) is 0 Å². The molecule has 0 spiro atoms. The van der Waals surface area contributed by atoms with Crippen LogP contribution in [0.3, 0.4) is 0 Å². The SMILES string of the molecule is COC(=O)c1ccccc1S(=O)(=O)N1CCCC(C(=O)NCCc2cccs2)C1. The molecule has 0 aliphatic carbocycles. The fourth-order valence-corrected chi connectivity index (χ4v) is 5.80. The first-order valence-electron chi connectivity index (χ1n) is 9.41. The molecule has 2 heterocycles. The van der Waals surface area contributed by atoms with Gasteiger partial charge in [-0.2, -0.15) is 4.31 Å². The Morgan fingerprint density at radius 3 is 2.76 bits per heavy atom. The Hall–Kier alpha value is -2.23. The first kappa shape index (κ1) is 21.5. The average molecular weight is 437 g/mol. The second-order valence-corrected chi connectivity index (χ2v) is 9.75. The molecule has 1 aromatic carbocycles. The maximum Gasteiger partial charge on any atom is 0.339 e. The standard InChI is InChI=1S/C20H24N2O5S2/c1-27-20(24)17-8-2-3-9-18(17)29(25,26)22-12-4-6-15(14-22)19(23)21-11-10-16-7-5-13-28-16/h2-3,5,7-9,13,15H,4,6,10-12,14H2,1H3,(H,21,23). The fourth-order valence-electron chi connectivity index (χ4n) is 3.39. The van der Waals surface area contributed by atoms with Crippen LogP contribution in [0, 0.1) is 5.92 Å². The summed E-state index contributed by atoms with van der Waals surface area (Å²) in [7, 11) is -2.70. The van der Waals surface area contributed by atoms with Crippen molar-refractivity contribution in [3.05, 3.63) is 52.2 Å². The van der Waals surface area contributed by atoms with Gasteiger partial charge in [0.25, 0.3) is 0 Å². The van der Waals surface area contributed by atoms with Gasteiger partial charge in [0, 0.05) is 24.5 Å². The number of methoxy groups -OCH3 is 1. The summed E-state index contributed by atoms with van der Waals surface area (Å²) in [6, 6.07) is 9.97. The smallest absolute Gasteiger partial charge is 0.339 e. The van der Waals surface area contributed by atoms with E-state index in [-0.39, 0.29) is 22.9 Å². The molecule has 9 heteroatoms. The summed E-state index contributed by atoms with van der Waals surface area (Å²) < 4.78 is 32.3. The number of sulfonamides is 1. The molecule has 1 aliphatic heterocycles. The molecule has 1 fully saturated rings. The Morgan fingerprint density at radius 1 is 1.24 bits per heavy atom. The quantitative estimate of drug-likeness (QED) is 0.673. The van der Waals surface area contributed by atoms with Gasteiger partial charge in [-0.05, 0) is 42.8 Å². The van der Waals surface area contributed by atoms with E-state index < -0.39 is 21.9 Å². The van der Waals surface area contributed by atoms with E-state index in [2.05, 4.69) is 5.32 Å². The Bertz CT molecular complexity index is 957. The summed E-state index contributed by atoms with van der Waals surface area (Å²) in [4.78, 5) is 25.6. The summed E-state index contributed by atoms with van der Waals surface area (Å²) in [5.74, 6) is -1.25. The van der Waals surface area contributed by atoms with Crippen LogP contribution in [0.25, 0.3) is 0 Å². The normalized spacial score (nSPS) is 17.6. The molecule has 0 radical (unpaired) electrons. The van der Waals surface area contributed by atoms with Gasteiger partial charge >= 0.3 is 5.97 Å². The molecule has 29 heavy (non-hydrogen) atoms. The summed E-state index contributed by atoms with van der Waals surface area (Å²) in [6.07, 6.45) is 1.97. The van der Waals surface area contributed by atoms with E-state index in [0.717, 1.165) is 6.42 Å². The van der Waals surface area contributed by atoms with Gasteiger partial charge in [-0.15, -0.1) is 11.3 Å². The number of carbonyl (C=O) groups is 2. The van der Waals surface area contributed by atoms with Crippen molar-refractivity contribution in [2.45, 2.75) is 24.2 Å². The molecule has 1 saturated heterocycles. The maximum absolute atomic E-state index is 13.2. The number of carbonyl (C=O) groups excluding carboxylic acids is 2. The van der Waals surface area contributed by atoms with E-state index in [0.29, 0.717) is 25.9 Å². The zero-order valence-electron chi connectivity index (χ0n) is 16.2. The van der Waals surface area contributed by atoms with Crippen LogP contribution < -0.4 is 5.32 Å². The predicted molar refractivity (Wildman–Crippen MR) is 110 cm³/mol. The highest BCUT2D eigenvalue weighted by Crippen LogP contribution is 2.26. The van der Waals surface area contributed by atoms with Gasteiger partial charge in [0.15, 0.2) is 0 Å². The maximum atomic E-state index is 13.2. The Kier molecular flexibility index (Phi) is 7.05. The summed E-state index contributed by atoms with van der Waals surface area (Å²) in [5, 5.41) is 4.91. The van der Waals surface area contributed by atoms with Gasteiger partial charge in [-0.25, -0.2) is 13.2 Å². The molecule has 0 saturated carbocycles. The third-order valence-electron chi connectivity index (χ3n) is 4.92. The Morgan fingerprint density at radius 2 is 2.03 bits per heavy atom. The first-order valence-corrected chi connectivity index (χ1v) is 11.7. The third-order valence-corrected chi connectivity index (χ3v) is 7.78. The lowest BCUT2D eigenvalue weighted by Crippen LogP contribution is -2.45. The molecule has 1 amide bonds. The number of nitrogens with zero attached hydrogens (tertiary/aromatic N) is 1. The number of esters is 1. The van der Waals surface area contributed by atoms with Gasteiger partial charge < -0.3 is 10.1 Å². The molecule has 1 unspecified atom stereocenters. The van der Waals surface area contributed by atoms with Crippen molar-refractivity contribution in [1.82, 2.24) is 9.62 Å². The third kappa shape index (κ3) is 5.04. The number of piperidine rings is 1. The lowest BCUT2D eigenvalue weighted by Gasteiger charge is -2.31. The first-order chi connectivity index (χ1) is 13.9. The van der Waals surface area contributed by atoms with Gasteiger partial charge in [0.1, 0.15) is 0 Å². The Balaban J connectivity index is 1.68. The number of ether oxygens (including phenoxy) is 1.